The van der Waals surface area contributed by atoms with Crippen LogP contribution in [0.1, 0.15) is 50.5 Å². The van der Waals surface area contributed by atoms with Crippen molar-refractivity contribution in [2.24, 2.45) is 10.8 Å². The van der Waals surface area contributed by atoms with E-state index in [9.17, 15) is 14.4 Å². The minimum atomic E-state index is -0.713. The van der Waals surface area contributed by atoms with Crippen molar-refractivity contribution in [3.63, 3.8) is 0 Å². The van der Waals surface area contributed by atoms with E-state index in [2.05, 4.69) is 31.0 Å². The Morgan fingerprint density at radius 1 is 1.21 bits per heavy atom. The zero-order chi connectivity index (χ0) is 20.1. The number of fused-ring (bicyclic) bond motifs is 3. The van der Waals surface area contributed by atoms with Gasteiger partial charge in [-0.1, -0.05) is 39.0 Å². The fourth-order valence-corrected chi connectivity index (χ4v) is 5.30. The molecule has 1 saturated carbocycles. The second-order valence-corrected chi connectivity index (χ2v) is 9.26. The highest BCUT2D eigenvalue weighted by molar-refractivity contribution is 6.02. The molecule has 2 heterocycles. The normalized spacial score (nSPS) is 25.7. The number of carbonyl (C=O) groups excluding carboxylic acids is 2. The molecule has 0 radical (unpaired) electrons. The molecule has 4 rings (SSSR count). The van der Waals surface area contributed by atoms with Crippen LogP contribution in [0.4, 0.5) is 0 Å². The number of H-pyrrole nitrogens is 1. The molecular formula is C21H25N3O4. The van der Waals surface area contributed by atoms with E-state index >= 15 is 0 Å². The van der Waals surface area contributed by atoms with Crippen molar-refractivity contribution in [3.05, 3.63) is 40.3 Å². The van der Waals surface area contributed by atoms with Gasteiger partial charge >= 0.3 is 5.97 Å². The smallest absolute Gasteiger partial charge is 0.359 e. The van der Waals surface area contributed by atoms with Crippen molar-refractivity contribution in [2.45, 2.75) is 46.1 Å². The lowest BCUT2D eigenvalue weighted by molar-refractivity contribution is -0.135. The van der Waals surface area contributed by atoms with Crippen molar-refractivity contribution >= 4 is 22.6 Å². The molecule has 1 amide bonds. The molecule has 2 aliphatic rings. The first-order chi connectivity index (χ1) is 13.2. The third kappa shape index (κ3) is 3.30. The largest absolute Gasteiger partial charge is 0.451 e. The number of rotatable bonds is 3. The molecule has 1 aliphatic heterocycles. The number of carbonyl (C=O) groups is 2. The Morgan fingerprint density at radius 2 is 1.93 bits per heavy atom. The number of amides is 1. The molecule has 1 aliphatic carbocycles. The molecule has 1 saturated heterocycles. The van der Waals surface area contributed by atoms with Crippen LogP contribution in [0.2, 0.25) is 0 Å². The molecule has 148 valence electrons. The molecule has 1 aromatic heterocycles. The minimum absolute atomic E-state index is 0.0104. The topological polar surface area (TPSA) is 92.4 Å². The maximum absolute atomic E-state index is 12.8. The van der Waals surface area contributed by atoms with Crippen LogP contribution in [-0.4, -0.2) is 46.2 Å². The third-order valence-corrected chi connectivity index (χ3v) is 5.95. The molecule has 7 nitrogen and oxygen atoms in total. The molecule has 2 aromatic rings. The first-order valence-electron chi connectivity index (χ1n) is 9.62. The number of ether oxygens (including phenoxy) is 1. The van der Waals surface area contributed by atoms with E-state index in [-0.39, 0.29) is 40.6 Å². The van der Waals surface area contributed by atoms with Crippen LogP contribution >= 0.6 is 0 Å². The van der Waals surface area contributed by atoms with E-state index in [1.165, 1.54) is 0 Å². The van der Waals surface area contributed by atoms with E-state index in [0.717, 1.165) is 19.3 Å². The number of aromatic amines is 1. The number of likely N-dealkylation sites (tertiary alicyclic amines) is 1. The van der Waals surface area contributed by atoms with Crippen molar-refractivity contribution in [1.29, 1.82) is 0 Å². The van der Waals surface area contributed by atoms with Crippen LogP contribution in [0.15, 0.2) is 29.1 Å². The molecule has 28 heavy (non-hydrogen) atoms. The standard InChI is InChI=1S/C21H25N3O4/c1-20(2)8-13-9-21(3,11-20)12-24(13)16(25)10-28-19(27)17-14-6-4-5-7-15(14)18(26)23-22-17/h4-7,13H,8-12H2,1-3H3,(H,23,26)/t13-,21+/m0/s1. The van der Waals surface area contributed by atoms with Gasteiger partial charge in [-0.3, -0.25) is 9.59 Å². The summed E-state index contributed by atoms with van der Waals surface area (Å²) in [6.45, 7) is 7.12. The van der Waals surface area contributed by atoms with Gasteiger partial charge in [0.05, 0.1) is 5.39 Å². The van der Waals surface area contributed by atoms with E-state index in [1.54, 1.807) is 24.3 Å². The summed E-state index contributed by atoms with van der Waals surface area (Å²) in [5.41, 5.74) is -0.0232. The minimum Gasteiger partial charge on any atom is -0.451 e. The van der Waals surface area contributed by atoms with E-state index in [4.69, 9.17) is 4.74 Å². The molecule has 2 atom stereocenters. The van der Waals surface area contributed by atoms with Crippen molar-refractivity contribution in [1.82, 2.24) is 15.1 Å². The van der Waals surface area contributed by atoms with Crippen LogP contribution in [0.25, 0.3) is 10.8 Å². The van der Waals surface area contributed by atoms with E-state index < -0.39 is 5.97 Å². The van der Waals surface area contributed by atoms with E-state index in [1.807, 2.05) is 4.90 Å². The highest BCUT2D eigenvalue weighted by atomic mass is 16.5. The van der Waals surface area contributed by atoms with Gasteiger partial charge in [0.1, 0.15) is 0 Å². The van der Waals surface area contributed by atoms with Crippen LogP contribution < -0.4 is 5.56 Å². The molecule has 2 bridgehead atoms. The van der Waals surface area contributed by atoms with Gasteiger partial charge < -0.3 is 9.64 Å². The average Bonchev–Trinajstić information content (AvgIpc) is 2.89. The highest BCUT2D eigenvalue weighted by Gasteiger charge is 2.50. The van der Waals surface area contributed by atoms with Crippen molar-refractivity contribution in [2.75, 3.05) is 13.2 Å². The Balaban J connectivity index is 1.47. The fraction of sp³-hybridized carbons (Fsp3) is 0.524. The third-order valence-electron chi connectivity index (χ3n) is 5.95. The summed E-state index contributed by atoms with van der Waals surface area (Å²) in [5.74, 6) is -0.886. The van der Waals surface area contributed by atoms with Gasteiger partial charge in [0.25, 0.3) is 11.5 Å². The summed E-state index contributed by atoms with van der Waals surface area (Å²) in [5, 5.41) is 6.91. The summed E-state index contributed by atoms with van der Waals surface area (Å²) < 4.78 is 5.27. The molecule has 1 aromatic carbocycles. The lowest BCUT2D eigenvalue weighted by Gasteiger charge is -2.39. The monoisotopic (exact) mass is 383 g/mol. The molecule has 7 heteroatoms. The van der Waals surface area contributed by atoms with Gasteiger partial charge in [0, 0.05) is 18.0 Å². The molecule has 0 spiro atoms. The molecule has 2 fully saturated rings. The molecule has 0 unspecified atom stereocenters. The highest BCUT2D eigenvalue weighted by Crippen LogP contribution is 2.52. The molecule has 1 N–H and O–H groups in total. The second kappa shape index (κ2) is 6.43. The Bertz CT molecular complexity index is 1010. The lowest BCUT2D eigenvalue weighted by atomic mass is 9.65. The Hall–Kier alpha value is -2.70. The summed E-state index contributed by atoms with van der Waals surface area (Å²) in [6.07, 6.45) is 3.06. The van der Waals surface area contributed by atoms with Crippen LogP contribution in [-0.2, 0) is 9.53 Å². The average molecular weight is 383 g/mol. The predicted molar refractivity (Wildman–Crippen MR) is 104 cm³/mol. The second-order valence-electron chi connectivity index (χ2n) is 9.26. The van der Waals surface area contributed by atoms with Gasteiger partial charge in [-0.25, -0.2) is 9.89 Å². The number of esters is 1. The van der Waals surface area contributed by atoms with Gasteiger partial charge in [-0.05, 0) is 36.2 Å². The quantitative estimate of drug-likeness (QED) is 0.822. The maximum Gasteiger partial charge on any atom is 0.359 e. The van der Waals surface area contributed by atoms with Gasteiger partial charge in [-0.2, -0.15) is 5.10 Å². The summed E-state index contributed by atoms with van der Waals surface area (Å²) in [6, 6.07) is 6.89. The Morgan fingerprint density at radius 3 is 2.68 bits per heavy atom. The maximum atomic E-state index is 12.8. The van der Waals surface area contributed by atoms with Gasteiger partial charge in [0.15, 0.2) is 12.3 Å². The number of aromatic nitrogens is 2. The van der Waals surface area contributed by atoms with Crippen molar-refractivity contribution < 1.29 is 14.3 Å². The number of hydrogen-bond acceptors (Lipinski definition) is 5. The summed E-state index contributed by atoms with van der Waals surface area (Å²) in [7, 11) is 0. The zero-order valence-corrected chi connectivity index (χ0v) is 16.4. The number of nitrogens with zero attached hydrogens (tertiary/aromatic N) is 2. The van der Waals surface area contributed by atoms with Gasteiger partial charge in [0.2, 0.25) is 0 Å². The van der Waals surface area contributed by atoms with Crippen LogP contribution in [0.5, 0.6) is 0 Å². The van der Waals surface area contributed by atoms with Gasteiger partial charge in [-0.15, -0.1) is 0 Å². The number of benzene rings is 1. The zero-order valence-electron chi connectivity index (χ0n) is 16.4. The van der Waals surface area contributed by atoms with Crippen LogP contribution in [0, 0.1) is 10.8 Å². The predicted octanol–water partition coefficient (Wildman–Crippen LogP) is 2.51. The Labute approximate surface area is 163 Å². The lowest BCUT2D eigenvalue weighted by Crippen LogP contribution is -2.40. The van der Waals surface area contributed by atoms with Crippen molar-refractivity contribution in [3.8, 4) is 0 Å². The fourth-order valence-electron chi connectivity index (χ4n) is 5.30. The SMILES string of the molecule is CC1(C)C[C@H]2C[C@@](C)(CN2C(=O)COC(=O)c2n[nH]c(=O)c3ccccc23)C1. The number of nitrogens with one attached hydrogen (secondary N) is 1. The van der Waals surface area contributed by atoms with Crippen LogP contribution in [0.3, 0.4) is 0 Å². The summed E-state index contributed by atoms with van der Waals surface area (Å²) >= 11 is 0. The number of hydrogen-bond donors (Lipinski definition) is 1. The summed E-state index contributed by atoms with van der Waals surface area (Å²) in [4.78, 5) is 39.0. The molecular weight excluding hydrogens is 358 g/mol. The first kappa shape index (κ1) is 18.7. The van der Waals surface area contributed by atoms with E-state index in [0.29, 0.717) is 17.3 Å². The first-order valence-corrected chi connectivity index (χ1v) is 9.62. The Kier molecular flexibility index (Phi) is 4.28.